The van der Waals surface area contributed by atoms with Crippen molar-refractivity contribution >= 4 is 57.3 Å². The van der Waals surface area contributed by atoms with Gasteiger partial charge < -0.3 is 46.3 Å². The molecule has 0 aliphatic heterocycles. The smallest absolute Gasteiger partial charge is 0.481 e. The molecule has 1 aromatic heterocycles. The number of benzene rings is 2. The van der Waals surface area contributed by atoms with Gasteiger partial charge in [-0.2, -0.15) is 13.2 Å². The molecule has 3 amide bonds. The molecule has 0 fully saturated rings. The van der Waals surface area contributed by atoms with Crippen LogP contribution in [0.4, 0.5) is 22.0 Å². The maximum Gasteiger partial charge on any atom is 0.490 e. The van der Waals surface area contributed by atoms with Crippen LogP contribution in [-0.2, 0) is 40.1 Å². The van der Waals surface area contributed by atoms with Crippen molar-refractivity contribution in [2.75, 3.05) is 18.5 Å². The number of ketones is 1. The second kappa shape index (κ2) is 23.5. The maximum absolute atomic E-state index is 15.0. The van der Waals surface area contributed by atoms with Gasteiger partial charge in [0.25, 0.3) is 0 Å². The fraction of sp³-hybridized carbons (Fsp3) is 0.425. The van der Waals surface area contributed by atoms with Crippen molar-refractivity contribution in [1.29, 1.82) is 0 Å². The number of Topliss-reactive ketones (excluding diaryl/α,β-unsaturated/α-hetero) is 1. The minimum Gasteiger partial charge on any atom is -0.481 e. The van der Waals surface area contributed by atoms with Crippen molar-refractivity contribution in [3.05, 3.63) is 83.7 Å². The third-order valence-electron chi connectivity index (χ3n) is 9.01. The molecule has 0 aliphatic rings. The van der Waals surface area contributed by atoms with Crippen molar-refractivity contribution in [2.45, 2.75) is 83.3 Å². The van der Waals surface area contributed by atoms with Crippen molar-refractivity contribution in [2.24, 2.45) is 11.1 Å². The molecule has 1 heterocycles. The highest BCUT2D eigenvalue weighted by Crippen LogP contribution is 2.41. The molecule has 0 bridgehead atoms. The van der Waals surface area contributed by atoms with Crippen LogP contribution in [0, 0.1) is 17.0 Å². The Morgan fingerprint density at radius 3 is 2.02 bits per heavy atom. The summed E-state index contributed by atoms with van der Waals surface area (Å²) < 4.78 is 62.9. The van der Waals surface area contributed by atoms with E-state index < -0.39 is 115 Å². The molecule has 16 nitrogen and oxygen atoms in total. The number of halogens is 6. The Hall–Kier alpha value is -5.74. The Morgan fingerprint density at radius 1 is 0.887 bits per heavy atom. The zero-order valence-electron chi connectivity index (χ0n) is 33.6. The highest BCUT2D eigenvalue weighted by molar-refractivity contribution is 9.09. The monoisotopic (exact) mass is 947 g/mol. The Labute approximate surface area is 360 Å². The average molecular weight is 949 g/mol. The topological polar surface area (TPSA) is 259 Å². The van der Waals surface area contributed by atoms with Gasteiger partial charge in [-0.15, -0.1) is 0 Å². The van der Waals surface area contributed by atoms with Crippen molar-refractivity contribution in [1.82, 2.24) is 20.1 Å². The molecule has 0 saturated carbocycles. The summed E-state index contributed by atoms with van der Waals surface area (Å²) in [4.78, 5) is 84.6. The molecule has 3 aromatic rings. The van der Waals surface area contributed by atoms with Crippen LogP contribution in [0.5, 0.6) is 0 Å². The molecule has 0 spiro atoms. The molecule has 1 unspecified atom stereocenters. The van der Waals surface area contributed by atoms with Crippen LogP contribution in [0.1, 0.15) is 63.8 Å². The number of hydrogen-bond donors (Lipinski definition) is 7. The highest BCUT2D eigenvalue weighted by Gasteiger charge is 2.39. The largest absolute Gasteiger partial charge is 0.490 e. The SMILES string of the molecule is CC(C)(C)[C@H](c1cc(-c2cc(F)ccc2F)cn1Cc1ccccc1)N(CC[C@H](N)C(=O)NC(CCC(=O)[C@H](CC(=O)O)NC(=O)CBr)C(=O)O)C(=O)CO.O=C(O)C(F)(F)F. The van der Waals surface area contributed by atoms with E-state index in [-0.39, 0.29) is 30.4 Å². The molecule has 62 heavy (non-hydrogen) atoms. The van der Waals surface area contributed by atoms with Gasteiger partial charge in [0.1, 0.15) is 24.3 Å². The van der Waals surface area contributed by atoms with Gasteiger partial charge in [0, 0.05) is 42.5 Å². The number of carboxylic acids is 3. The third-order valence-corrected chi connectivity index (χ3v) is 9.52. The van der Waals surface area contributed by atoms with E-state index in [0.717, 1.165) is 23.8 Å². The number of nitrogens with one attached hydrogen (secondary N) is 2. The standard InChI is InChI=1S/C38H46BrF2N5O9.C2HF3O2/c1-38(2,3)35(30-15-23(25-16-24(40)9-10-26(25)41)20-45(30)19-22-7-5-4-6-8-22)46(33(50)21-47)14-13-27(42)36(53)44-28(37(54)55)11-12-31(48)29(17-34(51)52)43-32(49)18-39;3-2(4,5)1(6)7/h4-10,15-16,20,27-29,35,47H,11-14,17-19,21,42H2,1-3H3,(H,43,49)(H,44,53)(H,51,52)(H,54,55);(H,6,7)/t27-,28?,29-,35-;/m0./s1. The van der Waals surface area contributed by atoms with Gasteiger partial charge >= 0.3 is 24.1 Å². The highest BCUT2D eigenvalue weighted by atomic mass is 79.9. The summed E-state index contributed by atoms with van der Waals surface area (Å²) in [7, 11) is 0. The number of hydrogen-bond acceptors (Lipinski definition) is 9. The minimum absolute atomic E-state index is 0.00442. The van der Waals surface area contributed by atoms with E-state index in [1.165, 1.54) is 4.90 Å². The molecule has 4 atom stereocenters. The van der Waals surface area contributed by atoms with Crippen molar-refractivity contribution in [3.63, 3.8) is 0 Å². The lowest BCUT2D eigenvalue weighted by atomic mass is 9.82. The first-order valence-corrected chi connectivity index (χ1v) is 19.7. The number of carbonyl (C=O) groups excluding carboxylic acids is 4. The van der Waals surface area contributed by atoms with Crippen LogP contribution in [0.2, 0.25) is 0 Å². The van der Waals surface area contributed by atoms with Crippen LogP contribution < -0.4 is 16.4 Å². The number of nitrogens with two attached hydrogens (primary N) is 1. The Balaban J connectivity index is 0.00000173. The van der Waals surface area contributed by atoms with Crippen LogP contribution in [0.25, 0.3) is 11.1 Å². The van der Waals surface area contributed by atoms with E-state index in [1.54, 1.807) is 16.8 Å². The zero-order valence-corrected chi connectivity index (χ0v) is 35.2. The molecule has 0 radical (unpaired) electrons. The molecule has 0 aliphatic carbocycles. The molecule has 340 valence electrons. The fourth-order valence-electron chi connectivity index (χ4n) is 6.16. The lowest BCUT2D eigenvalue weighted by Crippen LogP contribution is -2.51. The van der Waals surface area contributed by atoms with E-state index in [4.69, 9.17) is 20.7 Å². The lowest BCUT2D eigenvalue weighted by Gasteiger charge is -2.41. The maximum atomic E-state index is 15.0. The van der Waals surface area contributed by atoms with E-state index in [2.05, 4.69) is 26.6 Å². The first-order valence-electron chi connectivity index (χ1n) is 18.6. The summed E-state index contributed by atoms with van der Waals surface area (Å²) in [6, 6.07) is 8.79. The van der Waals surface area contributed by atoms with E-state index in [0.29, 0.717) is 11.3 Å². The number of carboxylic acid groups (broad SMARTS) is 3. The normalized spacial score (nSPS) is 13.3. The van der Waals surface area contributed by atoms with E-state index in [9.17, 15) is 56.5 Å². The summed E-state index contributed by atoms with van der Waals surface area (Å²) in [6.07, 6.45) is -5.31. The minimum atomic E-state index is -5.08. The van der Waals surface area contributed by atoms with Gasteiger partial charge in [-0.25, -0.2) is 18.4 Å². The zero-order chi connectivity index (χ0) is 47.1. The molecule has 2 aromatic carbocycles. The molecule has 3 rings (SSSR count). The second-order valence-corrected chi connectivity index (χ2v) is 15.4. The summed E-state index contributed by atoms with van der Waals surface area (Å²) in [5, 5.41) is 40.5. The van der Waals surface area contributed by atoms with Crippen LogP contribution >= 0.6 is 15.9 Å². The number of aromatic nitrogens is 1. The Bertz CT molecular complexity index is 2060. The van der Waals surface area contributed by atoms with Gasteiger partial charge in [-0.05, 0) is 48.1 Å². The Kier molecular flexibility index (Phi) is 19.8. The molecular weight excluding hydrogens is 901 g/mol. The Morgan fingerprint density at radius 2 is 1.50 bits per heavy atom. The third kappa shape index (κ3) is 16.3. The van der Waals surface area contributed by atoms with Gasteiger partial charge in [-0.3, -0.25) is 24.0 Å². The molecular formula is C40H47BrF5N5O11. The van der Waals surface area contributed by atoms with Gasteiger partial charge in [0.05, 0.1) is 29.9 Å². The number of aliphatic hydroxyl groups excluding tert-OH is 1. The summed E-state index contributed by atoms with van der Waals surface area (Å²) in [5.41, 5.74) is 7.16. The summed E-state index contributed by atoms with van der Waals surface area (Å²) in [6.45, 7) is 4.70. The quantitative estimate of drug-likeness (QED) is 0.0627. The van der Waals surface area contributed by atoms with Crippen LogP contribution in [0.15, 0.2) is 60.8 Å². The van der Waals surface area contributed by atoms with Crippen molar-refractivity contribution < 1.29 is 75.9 Å². The molecule has 22 heteroatoms. The fourth-order valence-corrected chi connectivity index (χ4v) is 6.32. The number of aliphatic carboxylic acids is 3. The van der Waals surface area contributed by atoms with Gasteiger partial charge in [-0.1, -0.05) is 67.0 Å². The van der Waals surface area contributed by atoms with E-state index in [1.807, 2.05) is 51.1 Å². The molecule has 0 saturated heterocycles. The predicted molar refractivity (Wildman–Crippen MR) is 214 cm³/mol. The number of nitrogens with zero attached hydrogens (tertiary/aromatic N) is 2. The summed E-state index contributed by atoms with van der Waals surface area (Å²) in [5.74, 6) is -9.98. The number of rotatable bonds is 20. The molecule has 8 N–H and O–H groups in total. The summed E-state index contributed by atoms with van der Waals surface area (Å²) >= 11 is 2.91. The van der Waals surface area contributed by atoms with E-state index >= 15 is 4.39 Å². The van der Waals surface area contributed by atoms with Crippen LogP contribution in [0.3, 0.4) is 0 Å². The number of aliphatic hydroxyl groups is 1. The van der Waals surface area contributed by atoms with Crippen LogP contribution in [-0.4, -0.2) is 114 Å². The lowest BCUT2D eigenvalue weighted by molar-refractivity contribution is -0.192. The average Bonchev–Trinajstić information content (AvgIpc) is 3.59. The number of alkyl halides is 4. The number of amides is 3. The van der Waals surface area contributed by atoms with Crippen molar-refractivity contribution in [3.8, 4) is 11.1 Å². The second-order valence-electron chi connectivity index (χ2n) is 14.9. The first-order chi connectivity index (χ1) is 28.8. The first kappa shape index (κ1) is 52.4. The van der Waals surface area contributed by atoms with Gasteiger partial charge in [0.2, 0.25) is 17.7 Å². The van der Waals surface area contributed by atoms with Gasteiger partial charge in [0.15, 0.2) is 5.78 Å². The predicted octanol–water partition coefficient (Wildman–Crippen LogP) is 4.01. The number of carbonyl (C=O) groups is 7.